The lowest BCUT2D eigenvalue weighted by Crippen LogP contribution is -2.41. The fourth-order valence-corrected chi connectivity index (χ4v) is 3.11. The summed E-state index contributed by atoms with van der Waals surface area (Å²) in [6, 6.07) is 3.91. The quantitative estimate of drug-likeness (QED) is 0.504. The third-order valence-corrected chi connectivity index (χ3v) is 4.65. The molecule has 0 spiro atoms. The molecule has 0 atom stereocenters. The molecule has 0 bridgehead atoms. The first-order valence-corrected chi connectivity index (χ1v) is 7.95. The smallest absolute Gasteiger partial charge is 0.319 e. The van der Waals surface area contributed by atoms with Crippen LogP contribution < -0.4 is 10.6 Å². The van der Waals surface area contributed by atoms with Gasteiger partial charge in [0.2, 0.25) is 0 Å². The van der Waals surface area contributed by atoms with Crippen molar-refractivity contribution < 1.29 is 15.0 Å². The van der Waals surface area contributed by atoms with Gasteiger partial charge < -0.3 is 20.8 Å². The lowest BCUT2D eigenvalue weighted by Gasteiger charge is -2.37. The molecular formula is C17H26N2O3. The molecule has 1 saturated carbocycles. The molecule has 0 aliphatic heterocycles. The van der Waals surface area contributed by atoms with Gasteiger partial charge in [0, 0.05) is 18.3 Å². The molecule has 5 nitrogen and oxygen atoms in total. The van der Waals surface area contributed by atoms with Crippen LogP contribution in [0.15, 0.2) is 18.2 Å². The van der Waals surface area contributed by atoms with Crippen molar-refractivity contribution in [1.29, 1.82) is 0 Å². The Labute approximate surface area is 131 Å². The average Bonchev–Trinajstić information content (AvgIpc) is 2.50. The molecule has 0 radical (unpaired) electrons. The largest absolute Gasteiger partial charge is 0.504 e. The molecule has 22 heavy (non-hydrogen) atoms. The number of aromatic hydroxyl groups is 2. The van der Waals surface area contributed by atoms with Gasteiger partial charge in [-0.3, -0.25) is 0 Å². The lowest BCUT2D eigenvalue weighted by molar-refractivity contribution is 0.156. The van der Waals surface area contributed by atoms with E-state index in [1.54, 1.807) is 6.07 Å². The standard InChI is InChI=1S/C17H26N2O3/c1-17(2,12-6-4-3-5-7-12)11-18-16(22)19-13-8-9-14(20)15(21)10-13/h8-10,12,20-21H,3-7,11H2,1-2H3,(H2,18,19,22). The first kappa shape index (κ1) is 16.5. The van der Waals surface area contributed by atoms with Crippen LogP contribution in [0.2, 0.25) is 0 Å². The summed E-state index contributed by atoms with van der Waals surface area (Å²) in [5, 5.41) is 24.2. The van der Waals surface area contributed by atoms with Gasteiger partial charge in [0.25, 0.3) is 0 Å². The number of hydrogen-bond acceptors (Lipinski definition) is 3. The number of anilines is 1. The number of benzene rings is 1. The fourth-order valence-electron chi connectivity index (χ4n) is 3.11. The molecule has 0 aromatic heterocycles. The average molecular weight is 306 g/mol. The Morgan fingerprint density at radius 3 is 2.50 bits per heavy atom. The van der Waals surface area contributed by atoms with Crippen LogP contribution in [-0.4, -0.2) is 22.8 Å². The molecule has 0 unspecified atom stereocenters. The molecule has 1 aromatic carbocycles. The molecule has 0 heterocycles. The summed E-state index contributed by atoms with van der Waals surface area (Å²) in [4.78, 5) is 12.0. The number of rotatable bonds is 4. The third-order valence-electron chi connectivity index (χ3n) is 4.65. The highest BCUT2D eigenvalue weighted by atomic mass is 16.3. The minimum Gasteiger partial charge on any atom is -0.504 e. The summed E-state index contributed by atoms with van der Waals surface area (Å²) in [7, 11) is 0. The van der Waals surface area contributed by atoms with Crippen LogP contribution in [0.1, 0.15) is 46.0 Å². The summed E-state index contributed by atoms with van der Waals surface area (Å²) in [6.45, 7) is 5.03. The van der Waals surface area contributed by atoms with Crippen molar-refractivity contribution in [1.82, 2.24) is 5.32 Å². The Bertz CT molecular complexity index is 523. The van der Waals surface area contributed by atoms with Crippen LogP contribution in [0.3, 0.4) is 0 Å². The van der Waals surface area contributed by atoms with Crippen molar-refractivity contribution in [2.75, 3.05) is 11.9 Å². The van der Waals surface area contributed by atoms with Crippen molar-refractivity contribution >= 4 is 11.7 Å². The highest BCUT2D eigenvalue weighted by Crippen LogP contribution is 2.37. The number of carbonyl (C=O) groups excluding carboxylic acids is 1. The molecule has 1 aromatic rings. The molecular weight excluding hydrogens is 280 g/mol. The second-order valence-corrected chi connectivity index (χ2v) is 6.83. The van der Waals surface area contributed by atoms with Crippen LogP contribution >= 0.6 is 0 Å². The predicted octanol–water partition coefficient (Wildman–Crippen LogP) is 3.83. The summed E-state index contributed by atoms with van der Waals surface area (Å²) in [5.41, 5.74) is 0.526. The summed E-state index contributed by atoms with van der Waals surface area (Å²) >= 11 is 0. The zero-order chi connectivity index (χ0) is 16.2. The summed E-state index contributed by atoms with van der Waals surface area (Å²) in [6.07, 6.45) is 6.37. The van der Waals surface area contributed by atoms with Crippen LogP contribution in [0.4, 0.5) is 10.5 Å². The van der Waals surface area contributed by atoms with Crippen molar-refractivity contribution in [2.24, 2.45) is 11.3 Å². The zero-order valence-electron chi connectivity index (χ0n) is 13.4. The molecule has 0 saturated heterocycles. The summed E-state index contributed by atoms with van der Waals surface area (Å²) in [5.74, 6) is 0.198. The number of phenolic OH excluding ortho intramolecular Hbond substituents is 2. The van der Waals surface area contributed by atoms with E-state index in [1.807, 2.05) is 0 Å². The molecule has 1 aliphatic rings. The van der Waals surface area contributed by atoms with E-state index < -0.39 is 0 Å². The van der Waals surface area contributed by atoms with Gasteiger partial charge >= 0.3 is 6.03 Å². The van der Waals surface area contributed by atoms with Crippen molar-refractivity contribution in [3.8, 4) is 11.5 Å². The van der Waals surface area contributed by atoms with Gasteiger partial charge in [0.15, 0.2) is 11.5 Å². The molecule has 5 heteroatoms. The first-order chi connectivity index (χ1) is 10.4. The van der Waals surface area contributed by atoms with E-state index in [4.69, 9.17) is 0 Å². The lowest BCUT2D eigenvalue weighted by atomic mass is 9.71. The second-order valence-electron chi connectivity index (χ2n) is 6.83. The van der Waals surface area contributed by atoms with E-state index >= 15 is 0 Å². The Balaban J connectivity index is 1.84. The van der Waals surface area contributed by atoms with Gasteiger partial charge in [0.1, 0.15) is 0 Å². The molecule has 2 amide bonds. The van der Waals surface area contributed by atoms with Gasteiger partial charge in [-0.2, -0.15) is 0 Å². The van der Waals surface area contributed by atoms with E-state index in [9.17, 15) is 15.0 Å². The van der Waals surface area contributed by atoms with E-state index in [2.05, 4.69) is 24.5 Å². The number of carbonyl (C=O) groups is 1. The van der Waals surface area contributed by atoms with Gasteiger partial charge in [-0.25, -0.2) is 4.79 Å². The maximum absolute atomic E-state index is 12.0. The fraction of sp³-hybridized carbons (Fsp3) is 0.588. The number of phenols is 2. The molecule has 1 aliphatic carbocycles. The SMILES string of the molecule is CC(C)(CNC(=O)Nc1ccc(O)c(O)c1)C1CCCCC1. The topological polar surface area (TPSA) is 81.6 Å². The first-order valence-electron chi connectivity index (χ1n) is 7.95. The van der Waals surface area contributed by atoms with Gasteiger partial charge in [0.05, 0.1) is 0 Å². The van der Waals surface area contributed by atoms with Crippen LogP contribution in [0.5, 0.6) is 11.5 Å². The van der Waals surface area contributed by atoms with Crippen molar-refractivity contribution in [3.63, 3.8) is 0 Å². The third kappa shape index (κ3) is 4.29. The van der Waals surface area contributed by atoms with Gasteiger partial charge in [-0.15, -0.1) is 0 Å². The predicted molar refractivity (Wildman–Crippen MR) is 87.1 cm³/mol. The van der Waals surface area contributed by atoms with Crippen molar-refractivity contribution in [3.05, 3.63) is 18.2 Å². The Kier molecular flexibility index (Phi) is 5.16. The number of urea groups is 1. The molecule has 1 fully saturated rings. The highest BCUT2D eigenvalue weighted by molar-refractivity contribution is 5.89. The highest BCUT2D eigenvalue weighted by Gasteiger charge is 2.30. The van der Waals surface area contributed by atoms with Crippen LogP contribution in [0, 0.1) is 11.3 Å². The van der Waals surface area contributed by atoms with Crippen LogP contribution in [-0.2, 0) is 0 Å². The number of nitrogens with one attached hydrogen (secondary N) is 2. The molecule has 122 valence electrons. The Hall–Kier alpha value is -1.91. The normalized spacial score (nSPS) is 16.3. The Morgan fingerprint density at radius 2 is 1.86 bits per heavy atom. The van der Waals surface area contributed by atoms with Crippen molar-refractivity contribution in [2.45, 2.75) is 46.0 Å². The van der Waals surface area contributed by atoms with E-state index in [0.717, 1.165) is 0 Å². The van der Waals surface area contributed by atoms with E-state index in [1.165, 1.54) is 44.2 Å². The molecule has 4 N–H and O–H groups in total. The monoisotopic (exact) mass is 306 g/mol. The Morgan fingerprint density at radius 1 is 1.18 bits per heavy atom. The second kappa shape index (κ2) is 6.90. The van der Waals surface area contributed by atoms with Crippen LogP contribution in [0.25, 0.3) is 0 Å². The minimum atomic E-state index is -0.297. The van der Waals surface area contributed by atoms with E-state index in [0.29, 0.717) is 18.2 Å². The maximum Gasteiger partial charge on any atom is 0.319 e. The van der Waals surface area contributed by atoms with Gasteiger partial charge in [-0.1, -0.05) is 33.1 Å². The van der Waals surface area contributed by atoms with Gasteiger partial charge in [-0.05, 0) is 36.3 Å². The van der Waals surface area contributed by atoms with E-state index in [-0.39, 0.29) is 22.9 Å². The molecule has 2 rings (SSSR count). The minimum absolute atomic E-state index is 0.0782. The maximum atomic E-state index is 12.0. The zero-order valence-corrected chi connectivity index (χ0v) is 13.4. The number of amides is 2. The summed E-state index contributed by atoms with van der Waals surface area (Å²) < 4.78 is 0. The number of hydrogen-bond donors (Lipinski definition) is 4.